The van der Waals surface area contributed by atoms with Gasteiger partial charge in [0.15, 0.2) is 0 Å². The Hall–Kier alpha value is -2.36. The molecule has 0 aromatic heterocycles. The molecule has 2 N–H and O–H groups in total. The van der Waals surface area contributed by atoms with Crippen molar-refractivity contribution in [3.63, 3.8) is 0 Å². The normalized spacial score (nSPS) is 11.1. The molecule has 0 bridgehead atoms. The van der Waals surface area contributed by atoms with Crippen LogP contribution in [0, 0.1) is 11.8 Å². The van der Waals surface area contributed by atoms with Crippen molar-refractivity contribution in [1.29, 1.82) is 0 Å². The lowest BCUT2D eigenvalue weighted by atomic mass is 10.1. The largest absolute Gasteiger partial charge is 0.324 e. The van der Waals surface area contributed by atoms with Gasteiger partial charge in [0.2, 0.25) is 11.8 Å². The Labute approximate surface area is 143 Å². The molecule has 2 aromatic carbocycles. The molecule has 24 heavy (non-hydrogen) atoms. The minimum Gasteiger partial charge on any atom is -0.324 e. The van der Waals surface area contributed by atoms with Gasteiger partial charge in [-0.2, -0.15) is 0 Å². The minimum atomic E-state index is -0.0420. The van der Waals surface area contributed by atoms with Gasteiger partial charge in [0.1, 0.15) is 0 Å². The fraction of sp³-hybridized carbons (Fsp3) is 0.400. The summed E-state index contributed by atoms with van der Waals surface area (Å²) in [5.41, 5.74) is 1.30. The molecule has 4 heteroatoms. The second-order valence-corrected chi connectivity index (χ2v) is 7.04. The van der Waals surface area contributed by atoms with Crippen LogP contribution in [0.15, 0.2) is 36.4 Å². The molecule has 4 nitrogen and oxygen atoms in total. The molecule has 128 valence electrons. The van der Waals surface area contributed by atoms with Crippen molar-refractivity contribution in [3.05, 3.63) is 36.4 Å². The maximum absolute atomic E-state index is 12.2. The Morgan fingerprint density at radius 1 is 0.792 bits per heavy atom. The molecule has 0 aliphatic carbocycles. The van der Waals surface area contributed by atoms with Crippen LogP contribution in [0.1, 0.15) is 40.5 Å². The highest BCUT2D eigenvalue weighted by Crippen LogP contribution is 2.29. The highest BCUT2D eigenvalue weighted by Gasteiger charge is 2.13. The van der Waals surface area contributed by atoms with Crippen molar-refractivity contribution in [1.82, 2.24) is 0 Å². The van der Waals surface area contributed by atoms with Crippen molar-refractivity contribution >= 4 is 34.0 Å². The van der Waals surface area contributed by atoms with Crippen LogP contribution in [-0.4, -0.2) is 11.8 Å². The van der Waals surface area contributed by atoms with Crippen LogP contribution in [-0.2, 0) is 9.59 Å². The summed E-state index contributed by atoms with van der Waals surface area (Å²) in [6, 6.07) is 11.7. The number of hydrogen-bond donors (Lipinski definition) is 2. The number of anilines is 2. The van der Waals surface area contributed by atoms with E-state index in [4.69, 9.17) is 0 Å². The summed E-state index contributed by atoms with van der Waals surface area (Å²) in [7, 11) is 0. The predicted molar refractivity (Wildman–Crippen MR) is 100 cm³/mol. The van der Waals surface area contributed by atoms with Crippen molar-refractivity contribution < 1.29 is 9.59 Å². The van der Waals surface area contributed by atoms with E-state index >= 15 is 0 Å². The minimum absolute atomic E-state index is 0.0420. The number of rotatable bonds is 6. The molecule has 2 amide bonds. The zero-order chi connectivity index (χ0) is 17.7. The van der Waals surface area contributed by atoms with Crippen molar-refractivity contribution in [2.75, 3.05) is 10.6 Å². The number of benzene rings is 2. The van der Waals surface area contributed by atoms with Gasteiger partial charge in [-0.05, 0) is 34.7 Å². The van der Waals surface area contributed by atoms with Crippen LogP contribution >= 0.6 is 0 Å². The Morgan fingerprint density at radius 3 is 1.50 bits per heavy atom. The zero-order valence-corrected chi connectivity index (χ0v) is 14.8. The molecule has 0 saturated carbocycles. The SMILES string of the molecule is CC(C)CC(=O)Nc1cc2ccccc2cc1NC(=O)CC(C)C. The van der Waals surface area contributed by atoms with Crippen molar-refractivity contribution in [3.8, 4) is 0 Å². The van der Waals surface area contributed by atoms with E-state index in [2.05, 4.69) is 10.6 Å². The fourth-order valence-electron chi connectivity index (χ4n) is 2.59. The summed E-state index contributed by atoms with van der Waals surface area (Å²) in [4.78, 5) is 24.3. The van der Waals surface area contributed by atoms with Gasteiger partial charge in [0.05, 0.1) is 11.4 Å². The third-order valence-corrected chi connectivity index (χ3v) is 3.62. The number of carbonyl (C=O) groups excluding carboxylic acids is 2. The van der Waals surface area contributed by atoms with E-state index in [-0.39, 0.29) is 23.7 Å². The Kier molecular flexibility index (Phi) is 5.96. The second kappa shape index (κ2) is 7.95. The van der Waals surface area contributed by atoms with E-state index in [9.17, 15) is 9.59 Å². The summed E-state index contributed by atoms with van der Waals surface area (Å²) >= 11 is 0. The van der Waals surface area contributed by atoms with Gasteiger partial charge in [0.25, 0.3) is 0 Å². The molecule has 0 spiro atoms. The lowest BCUT2D eigenvalue weighted by molar-refractivity contribution is -0.117. The van der Waals surface area contributed by atoms with E-state index in [0.29, 0.717) is 24.2 Å². The first-order valence-electron chi connectivity index (χ1n) is 8.47. The number of hydrogen-bond acceptors (Lipinski definition) is 2. The Morgan fingerprint density at radius 2 is 1.17 bits per heavy atom. The lowest BCUT2D eigenvalue weighted by Crippen LogP contribution is -2.18. The van der Waals surface area contributed by atoms with Gasteiger partial charge in [-0.3, -0.25) is 9.59 Å². The van der Waals surface area contributed by atoms with Gasteiger partial charge >= 0.3 is 0 Å². The number of amides is 2. The van der Waals surface area contributed by atoms with Crippen LogP contribution in [0.3, 0.4) is 0 Å². The third kappa shape index (κ3) is 5.08. The number of fused-ring (bicyclic) bond motifs is 1. The van der Waals surface area contributed by atoms with Crippen LogP contribution in [0.25, 0.3) is 10.8 Å². The van der Waals surface area contributed by atoms with E-state index in [1.54, 1.807) is 0 Å². The average Bonchev–Trinajstić information content (AvgIpc) is 2.46. The lowest BCUT2D eigenvalue weighted by Gasteiger charge is -2.15. The Balaban J connectivity index is 2.32. The molecular formula is C20H26N2O2. The van der Waals surface area contributed by atoms with E-state index < -0.39 is 0 Å². The maximum Gasteiger partial charge on any atom is 0.224 e. The summed E-state index contributed by atoms with van der Waals surface area (Å²) in [5, 5.41) is 7.93. The Bertz CT molecular complexity index is 673. The van der Waals surface area contributed by atoms with E-state index in [0.717, 1.165) is 10.8 Å². The molecule has 0 heterocycles. The van der Waals surface area contributed by atoms with Gasteiger partial charge < -0.3 is 10.6 Å². The first kappa shape index (κ1) is 18.0. The van der Waals surface area contributed by atoms with Gasteiger partial charge in [-0.1, -0.05) is 52.0 Å². The van der Waals surface area contributed by atoms with Gasteiger partial charge in [-0.25, -0.2) is 0 Å². The first-order chi connectivity index (χ1) is 11.3. The highest BCUT2D eigenvalue weighted by molar-refractivity contribution is 6.04. The summed E-state index contributed by atoms with van der Waals surface area (Å²) in [6.45, 7) is 8.02. The molecule has 0 saturated heterocycles. The monoisotopic (exact) mass is 326 g/mol. The molecule has 0 fully saturated rings. The van der Waals surface area contributed by atoms with Crippen LogP contribution in [0.4, 0.5) is 11.4 Å². The molecule has 0 unspecified atom stereocenters. The summed E-state index contributed by atoms with van der Waals surface area (Å²) < 4.78 is 0. The molecule has 0 aliphatic rings. The highest BCUT2D eigenvalue weighted by atomic mass is 16.2. The van der Waals surface area contributed by atoms with Crippen molar-refractivity contribution in [2.45, 2.75) is 40.5 Å². The van der Waals surface area contributed by atoms with Crippen LogP contribution in [0.5, 0.6) is 0 Å². The maximum atomic E-state index is 12.2. The molecule has 0 atom stereocenters. The van der Waals surface area contributed by atoms with E-state index in [1.165, 1.54) is 0 Å². The molecule has 0 radical (unpaired) electrons. The summed E-state index contributed by atoms with van der Waals surface area (Å²) in [5.74, 6) is 0.480. The van der Waals surface area contributed by atoms with Gasteiger partial charge in [-0.15, -0.1) is 0 Å². The smallest absolute Gasteiger partial charge is 0.224 e. The molecular weight excluding hydrogens is 300 g/mol. The third-order valence-electron chi connectivity index (χ3n) is 3.62. The molecule has 0 aliphatic heterocycles. The second-order valence-electron chi connectivity index (χ2n) is 7.04. The topological polar surface area (TPSA) is 58.2 Å². The van der Waals surface area contributed by atoms with Gasteiger partial charge in [0, 0.05) is 12.8 Å². The fourth-order valence-corrected chi connectivity index (χ4v) is 2.59. The van der Waals surface area contributed by atoms with E-state index in [1.807, 2.05) is 64.1 Å². The predicted octanol–water partition coefficient (Wildman–Crippen LogP) is 4.81. The van der Waals surface area contributed by atoms with Crippen LogP contribution < -0.4 is 10.6 Å². The number of nitrogens with one attached hydrogen (secondary N) is 2. The van der Waals surface area contributed by atoms with Crippen molar-refractivity contribution in [2.24, 2.45) is 11.8 Å². The molecule has 2 aromatic rings. The van der Waals surface area contributed by atoms with Crippen LogP contribution in [0.2, 0.25) is 0 Å². The molecule has 2 rings (SSSR count). The first-order valence-corrected chi connectivity index (χ1v) is 8.47. The summed E-state index contributed by atoms with van der Waals surface area (Å²) in [6.07, 6.45) is 0.901. The average molecular weight is 326 g/mol. The zero-order valence-electron chi connectivity index (χ0n) is 14.8. The number of carbonyl (C=O) groups is 2. The quantitative estimate of drug-likeness (QED) is 0.800. The standard InChI is InChI=1S/C20H26N2O2/c1-13(2)9-19(23)21-17-11-15-7-5-6-8-16(15)12-18(17)22-20(24)10-14(3)4/h5-8,11-14H,9-10H2,1-4H3,(H,21,23)(H,22,24).